The number of hydrogen-bond donors (Lipinski definition) is 1. The van der Waals surface area contributed by atoms with Gasteiger partial charge < -0.3 is 5.32 Å². The van der Waals surface area contributed by atoms with Crippen molar-refractivity contribution in [2.24, 2.45) is 16.2 Å². The molecule has 0 unspecified atom stereocenters. The average Bonchev–Trinajstić information content (AvgIpc) is 2.79. The fraction of sp³-hybridized carbons (Fsp3) is 0.500. The Bertz CT molecular complexity index is 799. The van der Waals surface area contributed by atoms with Crippen LogP contribution in [0, 0.1) is 16.2 Å². The number of carbonyl (C=O) groups is 3. The maximum atomic E-state index is 13.1. The molecule has 2 fully saturated rings. The molecule has 7 heteroatoms. The molecular weight excluding hydrogens is 335 g/mol. The number of rotatable bonds is 2. The minimum atomic E-state index is -4.64. The van der Waals surface area contributed by atoms with Gasteiger partial charge in [0.2, 0.25) is 17.5 Å². The van der Waals surface area contributed by atoms with Crippen molar-refractivity contribution in [2.45, 2.75) is 39.8 Å². The quantitative estimate of drug-likeness (QED) is 0.653. The Labute approximate surface area is 142 Å². The second-order valence-corrected chi connectivity index (χ2v) is 7.52. The van der Waals surface area contributed by atoms with E-state index in [9.17, 15) is 27.6 Å². The standard InChI is InChI=1S/C18H18F3NO3/c1-15(2)16(3)8-9-17(15,13(24)12(16)23)14(25)22-11-7-5-4-6-10(11)18(19,20)21/h4-7H,8-9H2,1-3H3,(H,22,25)/t16-,17-/m1/s1. The SMILES string of the molecule is CC1(C)[C@]2(C(=O)Nc3ccccc3C(F)(F)F)CC[C@]1(C)C(=O)C2=O. The monoisotopic (exact) mass is 353 g/mol. The van der Waals surface area contributed by atoms with Crippen molar-refractivity contribution < 1.29 is 27.6 Å². The van der Waals surface area contributed by atoms with Crippen LogP contribution in [0.2, 0.25) is 0 Å². The zero-order valence-electron chi connectivity index (χ0n) is 14.1. The van der Waals surface area contributed by atoms with E-state index in [-0.39, 0.29) is 6.42 Å². The summed E-state index contributed by atoms with van der Waals surface area (Å²) >= 11 is 0. The number of alkyl halides is 3. The van der Waals surface area contributed by atoms with Crippen LogP contribution in [0.15, 0.2) is 24.3 Å². The van der Waals surface area contributed by atoms with Crippen LogP contribution in [-0.2, 0) is 20.6 Å². The van der Waals surface area contributed by atoms with Gasteiger partial charge in [0, 0.05) is 5.41 Å². The van der Waals surface area contributed by atoms with Crippen molar-refractivity contribution in [3.05, 3.63) is 29.8 Å². The largest absolute Gasteiger partial charge is 0.418 e. The molecule has 1 amide bonds. The third-order valence-electron chi connectivity index (χ3n) is 6.41. The van der Waals surface area contributed by atoms with E-state index in [1.54, 1.807) is 20.8 Å². The molecule has 2 bridgehead atoms. The van der Waals surface area contributed by atoms with Gasteiger partial charge in [-0.1, -0.05) is 32.9 Å². The average molecular weight is 353 g/mol. The fourth-order valence-corrected chi connectivity index (χ4v) is 4.34. The first-order valence-electron chi connectivity index (χ1n) is 7.96. The topological polar surface area (TPSA) is 63.2 Å². The Balaban J connectivity index is 2.04. The molecule has 1 aromatic rings. The zero-order chi connectivity index (χ0) is 18.8. The van der Waals surface area contributed by atoms with Gasteiger partial charge in [0.1, 0.15) is 5.41 Å². The van der Waals surface area contributed by atoms with E-state index in [1.165, 1.54) is 12.1 Å². The number of carbonyl (C=O) groups excluding carboxylic acids is 3. The van der Waals surface area contributed by atoms with Crippen LogP contribution in [0.4, 0.5) is 18.9 Å². The van der Waals surface area contributed by atoms with Gasteiger partial charge in [0.15, 0.2) is 0 Å². The number of fused-ring (bicyclic) bond motifs is 2. The Hall–Kier alpha value is -2.18. The lowest BCUT2D eigenvalue weighted by Crippen LogP contribution is -2.48. The van der Waals surface area contributed by atoms with Gasteiger partial charge in [-0.15, -0.1) is 0 Å². The van der Waals surface area contributed by atoms with Gasteiger partial charge in [0.05, 0.1) is 11.3 Å². The molecular formula is C18H18F3NO3. The number of nitrogens with one attached hydrogen (secondary N) is 1. The first kappa shape index (κ1) is 17.6. The smallest absolute Gasteiger partial charge is 0.325 e. The van der Waals surface area contributed by atoms with Crippen molar-refractivity contribution in [2.75, 3.05) is 5.32 Å². The fourth-order valence-electron chi connectivity index (χ4n) is 4.34. The molecule has 0 saturated heterocycles. The molecule has 1 aromatic carbocycles. The summed E-state index contributed by atoms with van der Waals surface area (Å²) in [5, 5.41) is 2.27. The summed E-state index contributed by atoms with van der Waals surface area (Å²) in [6.07, 6.45) is -4.13. The predicted octanol–water partition coefficient (Wildman–Crippen LogP) is 3.61. The summed E-state index contributed by atoms with van der Waals surface area (Å²) in [6.45, 7) is 4.98. The summed E-state index contributed by atoms with van der Waals surface area (Å²) in [5.74, 6) is -2.25. The van der Waals surface area contributed by atoms with Crippen molar-refractivity contribution in [3.63, 3.8) is 0 Å². The van der Waals surface area contributed by atoms with Gasteiger partial charge in [0.25, 0.3) is 0 Å². The molecule has 0 aliphatic heterocycles. The molecule has 1 N–H and O–H groups in total. The number of Topliss-reactive ketones (excluding diaryl/α,β-unsaturated/α-hetero) is 2. The van der Waals surface area contributed by atoms with E-state index in [0.717, 1.165) is 12.1 Å². The number of hydrogen-bond acceptors (Lipinski definition) is 3. The molecule has 2 aliphatic rings. The maximum absolute atomic E-state index is 13.1. The Morgan fingerprint density at radius 2 is 1.64 bits per heavy atom. The van der Waals surface area contributed by atoms with Gasteiger partial charge in [-0.3, -0.25) is 14.4 Å². The lowest BCUT2D eigenvalue weighted by Gasteiger charge is -2.37. The molecule has 2 saturated carbocycles. The van der Waals surface area contributed by atoms with Crippen LogP contribution < -0.4 is 5.32 Å². The molecule has 0 aromatic heterocycles. The number of para-hydroxylation sites is 1. The van der Waals surface area contributed by atoms with Crippen LogP contribution in [0.25, 0.3) is 0 Å². The van der Waals surface area contributed by atoms with Crippen molar-refractivity contribution in [3.8, 4) is 0 Å². The predicted molar refractivity (Wildman–Crippen MR) is 83.6 cm³/mol. The molecule has 2 atom stereocenters. The summed E-state index contributed by atoms with van der Waals surface area (Å²) in [5.41, 5.74) is -4.96. The minimum absolute atomic E-state index is 0.154. The number of anilines is 1. The van der Waals surface area contributed by atoms with Crippen LogP contribution in [0.1, 0.15) is 39.2 Å². The van der Waals surface area contributed by atoms with Crippen LogP contribution >= 0.6 is 0 Å². The summed E-state index contributed by atoms with van der Waals surface area (Å²) < 4.78 is 39.4. The highest BCUT2D eigenvalue weighted by Crippen LogP contribution is 2.69. The van der Waals surface area contributed by atoms with Crippen LogP contribution in [0.3, 0.4) is 0 Å². The number of halogens is 3. The third kappa shape index (κ3) is 1.98. The molecule has 2 aliphatic carbocycles. The molecule has 4 nitrogen and oxygen atoms in total. The van der Waals surface area contributed by atoms with E-state index in [2.05, 4.69) is 5.32 Å². The first-order chi connectivity index (χ1) is 11.4. The third-order valence-corrected chi connectivity index (χ3v) is 6.41. The summed E-state index contributed by atoms with van der Waals surface area (Å²) in [4.78, 5) is 37.9. The number of benzene rings is 1. The van der Waals surface area contributed by atoms with E-state index in [0.29, 0.717) is 6.42 Å². The molecule has 0 spiro atoms. The lowest BCUT2D eigenvalue weighted by atomic mass is 9.64. The van der Waals surface area contributed by atoms with Crippen LogP contribution in [-0.4, -0.2) is 17.5 Å². The van der Waals surface area contributed by atoms with Gasteiger partial charge >= 0.3 is 6.18 Å². The number of amides is 1. The van der Waals surface area contributed by atoms with E-state index in [1.807, 2.05) is 0 Å². The number of ketones is 2. The second kappa shape index (κ2) is 4.93. The summed E-state index contributed by atoms with van der Waals surface area (Å²) in [6, 6.07) is 4.59. The molecule has 3 rings (SSSR count). The zero-order valence-corrected chi connectivity index (χ0v) is 14.1. The Kier molecular flexibility index (Phi) is 3.47. The van der Waals surface area contributed by atoms with Gasteiger partial charge in [-0.2, -0.15) is 13.2 Å². The van der Waals surface area contributed by atoms with Crippen LogP contribution in [0.5, 0.6) is 0 Å². The van der Waals surface area contributed by atoms with Crippen molar-refractivity contribution >= 4 is 23.2 Å². The van der Waals surface area contributed by atoms with E-state index in [4.69, 9.17) is 0 Å². The lowest BCUT2D eigenvalue weighted by molar-refractivity contribution is -0.147. The van der Waals surface area contributed by atoms with Crippen molar-refractivity contribution in [1.82, 2.24) is 0 Å². The van der Waals surface area contributed by atoms with Crippen molar-refractivity contribution in [1.29, 1.82) is 0 Å². The Morgan fingerprint density at radius 3 is 2.16 bits per heavy atom. The summed E-state index contributed by atoms with van der Waals surface area (Å²) in [7, 11) is 0. The minimum Gasteiger partial charge on any atom is -0.325 e. The van der Waals surface area contributed by atoms with Gasteiger partial charge in [-0.05, 0) is 30.4 Å². The first-order valence-corrected chi connectivity index (χ1v) is 7.96. The van der Waals surface area contributed by atoms with E-state index >= 15 is 0 Å². The second-order valence-electron chi connectivity index (χ2n) is 7.52. The highest BCUT2D eigenvalue weighted by molar-refractivity contribution is 6.49. The highest BCUT2D eigenvalue weighted by atomic mass is 19.4. The van der Waals surface area contributed by atoms with E-state index < -0.39 is 51.1 Å². The normalized spacial score (nSPS) is 30.6. The molecule has 0 radical (unpaired) electrons. The molecule has 25 heavy (non-hydrogen) atoms. The highest BCUT2D eigenvalue weighted by Gasteiger charge is 2.77. The maximum Gasteiger partial charge on any atom is 0.418 e. The molecule has 134 valence electrons. The molecule has 0 heterocycles. The van der Waals surface area contributed by atoms with Gasteiger partial charge in [-0.25, -0.2) is 0 Å². The Morgan fingerprint density at radius 1 is 1.04 bits per heavy atom.